The Bertz CT molecular complexity index is 391. The number of hydrogen-bond acceptors (Lipinski definition) is 4. The second kappa shape index (κ2) is 9.90. The molecule has 0 aromatic heterocycles. The van der Waals surface area contributed by atoms with Gasteiger partial charge in [-0.05, 0) is 36.9 Å². The molecule has 1 saturated heterocycles. The molecule has 1 atom stereocenters. The highest BCUT2D eigenvalue weighted by Gasteiger charge is 2.14. The maximum Gasteiger partial charge on any atom is 0.0809 e. The standard InChI is InChI=1S/C17H27NO3/c1-19-13-16-7-3-2-6-15(16)12-18-9-5-10-20-14-17-8-4-11-21-17/h2-3,6-7,17-18H,4-5,8-14H2,1H3. The lowest BCUT2D eigenvalue weighted by molar-refractivity contribution is 0.0166. The second-order valence-electron chi connectivity index (χ2n) is 5.44. The van der Waals surface area contributed by atoms with Crippen LogP contribution in [0.4, 0.5) is 0 Å². The van der Waals surface area contributed by atoms with Crippen LogP contribution in [0.3, 0.4) is 0 Å². The molecular formula is C17H27NO3. The fraction of sp³-hybridized carbons (Fsp3) is 0.647. The summed E-state index contributed by atoms with van der Waals surface area (Å²) < 4.78 is 16.4. The van der Waals surface area contributed by atoms with Gasteiger partial charge in [0.25, 0.3) is 0 Å². The van der Waals surface area contributed by atoms with Gasteiger partial charge in [0.15, 0.2) is 0 Å². The summed E-state index contributed by atoms with van der Waals surface area (Å²) in [5.74, 6) is 0. The van der Waals surface area contributed by atoms with Gasteiger partial charge >= 0.3 is 0 Å². The van der Waals surface area contributed by atoms with Crippen molar-refractivity contribution >= 4 is 0 Å². The molecule has 1 heterocycles. The molecule has 0 bridgehead atoms. The number of methoxy groups -OCH3 is 1. The first-order valence-electron chi connectivity index (χ1n) is 7.86. The lowest BCUT2D eigenvalue weighted by Crippen LogP contribution is -2.19. The molecule has 1 fully saturated rings. The predicted octanol–water partition coefficient (Wildman–Crippen LogP) is 2.51. The van der Waals surface area contributed by atoms with Gasteiger partial charge in [-0.25, -0.2) is 0 Å². The first-order valence-corrected chi connectivity index (χ1v) is 7.86. The normalized spacial score (nSPS) is 18.2. The Balaban J connectivity index is 1.53. The summed E-state index contributed by atoms with van der Waals surface area (Å²) in [5, 5.41) is 3.46. The van der Waals surface area contributed by atoms with Crippen molar-refractivity contribution in [1.82, 2.24) is 5.32 Å². The summed E-state index contributed by atoms with van der Waals surface area (Å²) in [6.07, 6.45) is 3.68. The van der Waals surface area contributed by atoms with Crippen LogP contribution in [0.5, 0.6) is 0 Å². The van der Waals surface area contributed by atoms with Crippen LogP contribution in [-0.2, 0) is 27.4 Å². The number of benzene rings is 1. The van der Waals surface area contributed by atoms with E-state index in [0.717, 1.165) is 45.8 Å². The fourth-order valence-corrected chi connectivity index (χ4v) is 2.54. The van der Waals surface area contributed by atoms with Crippen molar-refractivity contribution in [3.05, 3.63) is 35.4 Å². The van der Waals surface area contributed by atoms with Gasteiger partial charge in [0.05, 0.1) is 19.3 Å². The van der Waals surface area contributed by atoms with Crippen molar-refractivity contribution < 1.29 is 14.2 Å². The molecule has 1 aromatic rings. The molecule has 4 nitrogen and oxygen atoms in total. The number of nitrogens with one attached hydrogen (secondary N) is 1. The predicted molar refractivity (Wildman–Crippen MR) is 83.3 cm³/mol. The lowest BCUT2D eigenvalue weighted by Gasteiger charge is -2.11. The zero-order valence-electron chi connectivity index (χ0n) is 13.0. The highest BCUT2D eigenvalue weighted by atomic mass is 16.5. The Kier molecular flexibility index (Phi) is 7.75. The van der Waals surface area contributed by atoms with E-state index in [-0.39, 0.29) is 0 Å². The minimum absolute atomic E-state index is 0.332. The molecule has 1 unspecified atom stereocenters. The van der Waals surface area contributed by atoms with Crippen molar-refractivity contribution in [2.45, 2.75) is 38.5 Å². The maximum atomic E-state index is 5.65. The van der Waals surface area contributed by atoms with E-state index in [0.29, 0.717) is 12.7 Å². The van der Waals surface area contributed by atoms with Gasteiger partial charge in [-0.3, -0.25) is 0 Å². The molecule has 0 amide bonds. The highest BCUT2D eigenvalue weighted by molar-refractivity contribution is 5.26. The minimum Gasteiger partial charge on any atom is -0.380 e. The Morgan fingerprint density at radius 3 is 2.90 bits per heavy atom. The molecule has 1 N–H and O–H groups in total. The molecule has 1 aliphatic heterocycles. The summed E-state index contributed by atoms with van der Waals surface area (Å²) in [5.41, 5.74) is 2.56. The zero-order valence-corrected chi connectivity index (χ0v) is 13.0. The molecule has 0 spiro atoms. The Labute approximate surface area is 127 Å². The van der Waals surface area contributed by atoms with Crippen LogP contribution >= 0.6 is 0 Å². The number of hydrogen-bond donors (Lipinski definition) is 1. The number of rotatable bonds is 10. The maximum absolute atomic E-state index is 5.65. The SMILES string of the molecule is COCc1ccccc1CNCCCOCC1CCCO1. The van der Waals surface area contributed by atoms with Gasteiger partial charge in [0.2, 0.25) is 0 Å². The first-order chi connectivity index (χ1) is 10.4. The third-order valence-electron chi connectivity index (χ3n) is 3.70. The van der Waals surface area contributed by atoms with Gasteiger partial charge in [-0.1, -0.05) is 24.3 Å². The smallest absolute Gasteiger partial charge is 0.0809 e. The molecule has 0 aliphatic carbocycles. The van der Waals surface area contributed by atoms with Crippen LogP contribution in [0, 0.1) is 0 Å². The van der Waals surface area contributed by atoms with E-state index >= 15 is 0 Å². The summed E-state index contributed by atoms with van der Waals surface area (Å²) in [4.78, 5) is 0. The van der Waals surface area contributed by atoms with Gasteiger partial charge in [-0.15, -0.1) is 0 Å². The average Bonchev–Trinajstić information content (AvgIpc) is 3.01. The molecular weight excluding hydrogens is 266 g/mol. The van der Waals surface area contributed by atoms with E-state index < -0.39 is 0 Å². The quantitative estimate of drug-likeness (QED) is 0.673. The zero-order chi connectivity index (χ0) is 14.8. The molecule has 0 saturated carbocycles. The van der Waals surface area contributed by atoms with Gasteiger partial charge in [-0.2, -0.15) is 0 Å². The Morgan fingerprint density at radius 2 is 2.14 bits per heavy atom. The summed E-state index contributed by atoms with van der Waals surface area (Å²) in [7, 11) is 1.73. The molecule has 1 aromatic carbocycles. The van der Waals surface area contributed by atoms with Gasteiger partial charge in [0.1, 0.15) is 0 Å². The summed E-state index contributed by atoms with van der Waals surface area (Å²) in [6, 6.07) is 8.39. The second-order valence-corrected chi connectivity index (χ2v) is 5.44. The molecule has 1 aliphatic rings. The van der Waals surface area contributed by atoms with E-state index in [9.17, 15) is 0 Å². The van der Waals surface area contributed by atoms with Crippen LogP contribution < -0.4 is 5.32 Å². The van der Waals surface area contributed by atoms with Crippen LogP contribution in [-0.4, -0.2) is 39.6 Å². The monoisotopic (exact) mass is 293 g/mol. The van der Waals surface area contributed by atoms with E-state index in [1.54, 1.807) is 7.11 Å². The van der Waals surface area contributed by atoms with Crippen LogP contribution in [0.1, 0.15) is 30.4 Å². The van der Waals surface area contributed by atoms with Crippen LogP contribution in [0.2, 0.25) is 0 Å². The summed E-state index contributed by atoms with van der Waals surface area (Å²) in [6.45, 7) is 4.96. The molecule has 0 radical (unpaired) electrons. The third kappa shape index (κ3) is 6.14. The van der Waals surface area contributed by atoms with Crippen LogP contribution in [0.25, 0.3) is 0 Å². The first kappa shape index (κ1) is 16.4. The van der Waals surface area contributed by atoms with E-state index in [4.69, 9.17) is 14.2 Å². The van der Waals surface area contributed by atoms with Crippen molar-refractivity contribution in [3.8, 4) is 0 Å². The van der Waals surface area contributed by atoms with Crippen molar-refractivity contribution in [3.63, 3.8) is 0 Å². The molecule has 118 valence electrons. The average molecular weight is 293 g/mol. The fourth-order valence-electron chi connectivity index (χ4n) is 2.54. The number of ether oxygens (including phenoxy) is 3. The van der Waals surface area contributed by atoms with Gasteiger partial charge < -0.3 is 19.5 Å². The van der Waals surface area contributed by atoms with Gasteiger partial charge in [0, 0.05) is 26.9 Å². The van der Waals surface area contributed by atoms with Crippen LogP contribution in [0.15, 0.2) is 24.3 Å². The van der Waals surface area contributed by atoms with Crippen molar-refractivity contribution in [1.29, 1.82) is 0 Å². The molecule has 4 heteroatoms. The minimum atomic E-state index is 0.332. The van der Waals surface area contributed by atoms with Crippen molar-refractivity contribution in [2.75, 3.05) is 33.5 Å². The van der Waals surface area contributed by atoms with E-state index in [2.05, 4.69) is 29.6 Å². The topological polar surface area (TPSA) is 39.7 Å². The van der Waals surface area contributed by atoms with E-state index in [1.807, 2.05) is 0 Å². The van der Waals surface area contributed by atoms with Crippen molar-refractivity contribution in [2.24, 2.45) is 0 Å². The Morgan fingerprint density at radius 1 is 1.29 bits per heavy atom. The largest absolute Gasteiger partial charge is 0.380 e. The third-order valence-corrected chi connectivity index (χ3v) is 3.70. The Hall–Kier alpha value is -0.940. The molecule has 2 rings (SSSR count). The van der Waals surface area contributed by atoms with E-state index in [1.165, 1.54) is 17.5 Å². The molecule has 21 heavy (non-hydrogen) atoms. The lowest BCUT2D eigenvalue weighted by atomic mass is 10.1. The highest BCUT2D eigenvalue weighted by Crippen LogP contribution is 2.12. The summed E-state index contributed by atoms with van der Waals surface area (Å²) >= 11 is 0.